The van der Waals surface area contributed by atoms with Gasteiger partial charge in [0.1, 0.15) is 0 Å². The average Bonchev–Trinajstić information content (AvgIpc) is 3.45. The van der Waals surface area contributed by atoms with Crippen LogP contribution < -0.4 is 0 Å². The van der Waals surface area contributed by atoms with Gasteiger partial charge < -0.3 is 4.74 Å². The monoisotopic (exact) mass is 435 g/mol. The standard InChI is InChI=1S/C24H33N7O/c1-23(2)12-8-17-16(14-23)19(18-9-13-25-31(18)3)20(22-27-29-30-28-22)21(26-17)24(15-32-4)10-6-5-7-11-24/h9,13H,5-8,10-12,14-15H2,1-4H3,(H,27,28,29,30). The van der Waals surface area contributed by atoms with E-state index in [-0.39, 0.29) is 10.8 Å². The molecule has 0 unspecified atom stereocenters. The van der Waals surface area contributed by atoms with Gasteiger partial charge in [-0.3, -0.25) is 9.67 Å². The second-order valence-corrected chi connectivity index (χ2v) is 10.3. The summed E-state index contributed by atoms with van der Waals surface area (Å²) in [6.45, 7) is 5.34. The minimum atomic E-state index is -0.141. The van der Waals surface area contributed by atoms with Gasteiger partial charge in [-0.1, -0.05) is 33.1 Å². The largest absolute Gasteiger partial charge is 0.384 e. The molecule has 3 aromatic rings. The zero-order valence-electron chi connectivity index (χ0n) is 19.6. The number of tetrazole rings is 1. The number of fused-ring (bicyclic) bond motifs is 1. The first-order valence-corrected chi connectivity index (χ1v) is 11.7. The third-order valence-electron chi connectivity index (χ3n) is 7.46. The molecule has 8 heteroatoms. The number of aromatic amines is 1. The van der Waals surface area contributed by atoms with Crippen LogP contribution in [0.1, 0.15) is 69.3 Å². The first-order valence-electron chi connectivity index (χ1n) is 11.7. The Bertz CT molecular complexity index is 1090. The molecule has 5 rings (SSSR count). The molecule has 32 heavy (non-hydrogen) atoms. The number of methoxy groups -OCH3 is 1. The van der Waals surface area contributed by atoms with Crippen LogP contribution in [0.2, 0.25) is 0 Å². The zero-order chi connectivity index (χ0) is 22.3. The van der Waals surface area contributed by atoms with Crippen LogP contribution in [0.4, 0.5) is 0 Å². The predicted octanol–water partition coefficient (Wildman–Crippen LogP) is 4.03. The molecule has 0 aliphatic heterocycles. The van der Waals surface area contributed by atoms with Gasteiger partial charge in [0.2, 0.25) is 5.82 Å². The van der Waals surface area contributed by atoms with Gasteiger partial charge in [0.25, 0.3) is 0 Å². The van der Waals surface area contributed by atoms with Crippen molar-refractivity contribution in [2.75, 3.05) is 13.7 Å². The maximum absolute atomic E-state index is 5.82. The number of aryl methyl sites for hydroxylation is 2. The summed E-state index contributed by atoms with van der Waals surface area (Å²) in [5.41, 5.74) is 6.91. The Kier molecular flexibility index (Phi) is 5.35. The molecule has 1 N–H and O–H groups in total. The van der Waals surface area contributed by atoms with Crippen LogP contribution in [0, 0.1) is 5.41 Å². The van der Waals surface area contributed by atoms with E-state index in [4.69, 9.17) is 9.72 Å². The van der Waals surface area contributed by atoms with Crippen molar-refractivity contribution >= 4 is 0 Å². The van der Waals surface area contributed by atoms with Crippen LogP contribution in [-0.2, 0) is 30.0 Å². The SMILES string of the molecule is COCC1(c2nc3c(c(-c4ccnn4C)c2-c2nn[nH]n2)CC(C)(C)CC3)CCCCC1. The molecule has 0 amide bonds. The molecule has 0 aromatic carbocycles. The van der Waals surface area contributed by atoms with Crippen LogP contribution in [0.5, 0.6) is 0 Å². The van der Waals surface area contributed by atoms with Crippen molar-refractivity contribution in [3.8, 4) is 22.6 Å². The molecule has 0 atom stereocenters. The molecular weight excluding hydrogens is 402 g/mol. The number of nitrogens with one attached hydrogen (secondary N) is 1. The lowest BCUT2D eigenvalue weighted by Gasteiger charge is -2.40. The van der Waals surface area contributed by atoms with Crippen LogP contribution in [0.15, 0.2) is 12.3 Å². The highest BCUT2D eigenvalue weighted by Crippen LogP contribution is 2.49. The lowest BCUT2D eigenvalue weighted by molar-refractivity contribution is 0.101. The second kappa shape index (κ2) is 8.06. The molecular formula is C24H33N7O. The van der Waals surface area contributed by atoms with E-state index in [1.54, 1.807) is 7.11 Å². The van der Waals surface area contributed by atoms with Crippen LogP contribution >= 0.6 is 0 Å². The number of aromatic nitrogens is 7. The van der Waals surface area contributed by atoms with E-state index < -0.39 is 0 Å². The van der Waals surface area contributed by atoms with E-state index in [2.05, 4.69) is 45.6 Å². The van der Waals surface area contributed by atoms with Gasteiger partial charge in [-0.25, -0.2) is 0 Å². The highest BCUT2D eigenvalue weighted by atomic mass is 16.5. The molecule has 2 aliphatic rings. The summed E-state index contributed by atoms with van der Waals surface area (Å²) in [5, 5.41) is 20.0. The third-order valence-corrected chi connectivity index (χ3v) is 7.46. The fraction of sp³-hybridized carbons (Fsp3) is 0.625. The number of pyridine rings is 1. The minimum Gasteiger partial charge on any atom is -0.384 e. The maximum atomic E-state index is 5.82. The van der Waals surface area contributed by atoms with Crippen molar-refractivity contribution in [3.63, 3.8) is 0 Å². The Labute approximate surface area is 189 Å². The number of hydrogen-bond acceptors (Lipinski definition) is 6. The van der Waals surface area contributed by atoms with Crippen LogP contribution in [0.3, 0.4) is 0 Å². The summed E-state index contributed by atoms with van der Waals surface area (Å²) in [7, 11) is 3.80. The summed E-state index contributed by atoms with van der Waals surface area (Å²) in [5.74, 6) is 0.607. The van der Waals surface area contributed by atoms with Crippen LogP contribution in [0.25, 0.3) is 22.6 Å². The van der Waals surface area contributed by atoms with Crippen molar-refractivity contribution < 1.29 is 4.74 Å². The van der Waals surface area contributed by atoms with Crippen LogP contribution in [-0.4, -0.2) is 49.1 Å². The molecule has 0 bridgehead atoms. The van der Waals surface area contributed by atoms with E-state index in [1.807, 2.05) is 17.9 Å². The molecule has 0 saturated heterocycles. The normalized spacial score (nSPS) is 19.6. The number of ether oxygens (including phenoxy) is 1. The lowest BCUT2D eigenvalue weighted by atomic mass is 9.68. The Morgan fingerprint density at radius 1 is 1.12 bits per heavy atom. The number of H-pyrrole nitrogens is 1. The Morgan fingerprint density at radius 3 is 2.59 bits per heavy atom. The summed E-state index contributed by atoms with van der Waals surface area (Å²) in [6.07, 6.45) is 10.7. The Hall–Kier alpha value is -2.61. The van der Waals surface area contributed by atoms with Crippen molar-refractivity contribution in [1.82, 2.24) is 35.4 Å². The number of hydrogen-bond donors (Lipinski definition) is 1. The van der Waals surface area contributed by atoms with Gasteiger partial charge in [0.05, 0.1) is 23.6 Å². The highest BCUT2D eigenvalue weighted by molar-refractivity contribution is 5.84. The average molecular weight is 436 g/mol. The second-order valence-electron chi connectivity index (χ2n) is 10.3. The molecule has 1 saturated carbocycles. The summed E-state index contributed by atoms with van der Waals surface area (Å²) in [4.78, 5) is 5.42. The molecule has 0 radical (unpaired) electrons. The smallest absolute Gasteiger partial charge is 0.207 e. The van der Waals surface area contributed by atoms with Crippen molar-refractivity contribution in [3.05, 3.63) is 29.2 Å². The van der Waals surface area contributed by atoms with Crippen molar-refractivity contribution in [2.24, 2.45) is 12.5 Å². The van der Waals surface area contributed by atoms with Gasteiger partial charge in [-0.2, -0.15) is 10.3 Å². The number of nitrogens with zero attached hydrogens (tertiary/aromatic N) is 6. The third kappa shape index (κ3) is 3.54. The summed E-state index contributed by atoms with van der Waals surface area (Å²) >= 11 is 0. The summed E-state index contributed by atoms with van der Waals surface area (Å²) < 4.78 is 7.77. The van der Waals surface area contributed by atoms with Gasteiger partial charge in [0, 0.05) is 37.0 Å². The molecule has 3 aromatic heterocycles. The van der Waals surface area contributed by atoms with E-state index in [9.17, 15) is 0 Å². The highest BCUT2D eigenvalue weighted by Gasteiger charge is 2.42. The molecule has 170 valence electrons. The van der Waals surface area contributed by atoms with E-state index in [1.165, 1.54) is 36.1 Å². The van der Waals surface area contributed by atoms with Gasteiger partial charge in [-0.15, -0.1) is 10.2 Å². The van der Waals surface area contributed by atoms with Crippen molar-refractivity contribution in [2.45, 2.75) is 70.6 Å². The topological polar surface area (TPSA) is 94.4 Å². The lowest BCUT2D eigenvalue weighted by Crippen LogP contribution is -2.37. The fourth-order valence-corrected chi connectivity index (χ4v) is 5.82. The first-order chi connectivity index (χ1) is 15.4. The van der Waals surface area contributed by atoms with E-state index in [0.29, 0.717) is 12.4 Å². The van der Waals surface area contributed by atoms with E-state index >= 15 is 0 Å². The molecule has 3 heterocycles. The maximum Gasteiger partial charge on any atom is 0.207 e. The zero-order valence-corrected chi connectivity index (χ0v) is 19.6. The van der Waals surface area contributed by atoms with Crippen molar-refractivity contribution in [1.29, 1.82) is 0 Å². The first kappa shape index (κ1) is 21.2. The summed E-state index contributed by atoms with van der Waals surface area (Å²) in [6, 6.07) is 2.09. The predicted molar refractivity (Wildman–Crippen MR) is 122 cm³/mol. The van der Waals surface area contributed by atoms with E-state index in [0.717, 1.165) is 49.1 Å². The Balaban J connectivity index is 1.87. The Morgan fingerprint density at radius 2 is 1.94 bits per heavy atom. The van der Waals surface area contributed by atoms with Gasteiger partial charge >= 0.3 is 0 Å². The fourth-order valence-electron chi connectivity index (χ4n) is 5.82. The number of rotatable bonds is 5. The minimum absolute atomic E-state index is 0.141. The molecule has 0 spiro atoms. The molecule has 1 fully saturated rings. The van der Waals surface area contributed by atoms with Gasteiger partial charge in [0.15, 0.2) is 0 Å². The molecule has 2 aliphatic carbocycles. The van der Waals surface area contributed by atoms with Gasteiger partial charge in [-0.05, 0) is 54.4 Å². The quantitative estimate of drug-likeness (QED) is 0.650. The molecule has 8 nitrogen and oxygen atoms in total.